The molecule has 2 aromatic rings. The molecule has 1 aromatic heterocycles. The van der Waals surface area contributed by atoms with Crippen molar-refractivity contribution in [2.45, 2.75) is 9.79 Å². The van der Waals surface area contributed by atoms with E-state index in [0.29, 0.717) is 6.29 Å². The monoisotopic (exact) mass is 263 g/mol. The second-order valence-corrected chi connectivity index (χ2v) is 4.69. The van der Waals surface area contributed by atoms with E-state index < -0.39 is 4.92 Å². The molecule has 0 radical (unpaired) electrons. The Morgan fingerprint density at radius 1 is 1.44 bits per heavy atom. The zero-order valence-corrected chi connectivity index (χ0v) is 10.3. The SMILES string of the molecule is Cn1cc(Sc2ccc([N+](=O)[O-])c(C=O)c2)cn1. The number of rotatable bonds is 4. The molecule has 0 fully saturated rings. The minimum Gasteiger partial charge on any atom is -0.298 e. The van der Waals surface area contributed by atoms with Gasteiger partial charge >= 0.3 is 0 Å². The van der Waals surface area contributed by atoms with Gasteiger partial charge in [0.25, 0.3) is 5.69 Å². The number of carbonyl (C=O) groups excluding carboxylic acids is 1. The number of nitro groups is 1. The molecule has 0 atom stereocenters. The van der Waals surface area contributed by atoms with E-state index in [-0.39, 0.29) is 11.3 Å². The molecule has 0 bridgehead atoms. The van der Waals surface area contributed by atoms with Crippen molar-refractivity contribution in [3.8, 4) is 0 Å². The highest BCUT2D eigenvalue weighted by Gasteiger charge is 2.13. The fourth-order valence-corrected chi connectivity index (χ4v) is 2.34. The molecule has 0 aliphatic carbocycles. The molecule has 6 nitrogen and oxygen atoms in total. The van der Waals surface area contributed by atoms with Crippen LogP contribution >= 0.6 is 11.8 Å². The van der Waals surface area contributed by atoms with Gasteiger partial charge < -0.3 is 0 Å². The first-order chi connectivity index (χ1) is 8.60. The van der Waals surface area contributed by atoms with Crippen molar-refractivity contribution in [2.24, 2.45) is 7.05 Å². The van der Waals surface area contributed by atoms with Gasteiger partial charge in [-0.1, -0.05) is 11.8 Å². The molecule has 1 aromatic carbocycles. The summed E-state index contributed by atoms with van der Waals surface area (Å²) in [5.74, 6) is 0. The first-order valence-electron chi connectivity index (χ1n) is 5.00. The number of aryl methyl sites for hydroxylation is 1. The fourth-order valence-electron chi connectivity index (χ4n) is 1.44. The predicted molar refractivity (Wildman–Crippen MR) is 65.8 cm³/mol. The van der Waals surface area contributed by atoms with Crippen molar-refractivity contribution in [3.05, 3.63) is 46.3 Å². The van der Waals surface area contributed by atoms with Gasteiger partial charge in [-0.25, -0.2) is 0 Å². The molecule has 0 spiro atoms. The predicted octanol–water partition coefficient (Wildman–Crippen LogP) is 2.29. The van der Waals surface area contributed by atoms with E-state index in [2.05, 4.69) is 5.10 Å². The Kier molecular flexibility index (Phi) is 3.42. The average Bonchev–Trinajstić information content (AvgIpc) is 2.74. The van der Waals surface area contributed by atoms with Crippen LogP contribution in [0.25, 0.3) is 0 Å². The van der Waals surface area contributed by atoms with Crippen LogP contribution < -0.4 is 0 Å². The highest BCUT2D eigenvalue weighted by molar-refractivity contribution is 7.99. The first kappa shape index (κ1) is 12.3. The summed E-state index contributed by atoms with van der Waals surface area (Å²) in [7, 11) is 1.80. The molecule has 7 heteroatoms. The molecular formula is C11H9N3O3S. The summed E-state index contributed by atoms with van der Waals surface area (Å²) in [6, 6.07) is 4.45. The number of aromatic nitrogens is 2. The Bertz CT molecular complexity index is 609. The van der Waals surface area contributed by atoms with Crippen molar-refractivity contribution in [2.75, 3.05) is 0 Å². The van der Waals surface area contributed by atoms with Gasteiger partial charge in [0, 0.05) is 24.2 Å². The minimum absolute atomic E-state index is 0.0777. The lowest BCUT2D eigenvalue weighted by Gasteiger charge is -2.00. The molecule has 0 N–H and O–H groups in total. The van der Waals surface area contributed by atoms with Gasteiger partial charge in [0.1, 0.15) is 0 Å². The summed E-state index contributed by atoms with van der Waals surface area (Å²) in [5, 5.41) is 14.7. The van der Waals surface area contributed by atoms with Crippen LogP contribution in [0, 0.1) is 10.1 Å². The first-order valence-corrected chi connectivity index (χ1v) is 5.82. The van der Waals surface area contributed by atoms with Crippen molar-refractivity contribution in [1.82, 2.24) is 9.78 Å². The summed E-state index contributed by atoms with van der Waals surface area (Å²) in [4.78, 5) is 22.6. The van der Waals surface area contributed by atoms with Gasteiger partial charge in [-0.3, -0.25) is 19.6 Å². The molecule has 0 aliphatic heterocycles. The normalized spacial score (nSPS) is 10.3. The van der Waals surface area contributed by atoms with Crippen LogP contribution in [0.3, 0.4) is 0 Å². The van der Waals surface area contributed by atoms with Gasteiger partial charge in [0.15, 0.2) is 6.29 Å². The topological polar surface area (TPSA) is 78.0 Å². The van der Waals surface area contributed by atoms with Crippen molar-refractivity contribution in [3.63, 3.8) is 0 Å². The second kappa shape index (κ2) is 5.01. The highest BCUT2D eigenvalue weighted by atomic mass is 32.2. The number of carbonyl (C=O) groups is 1. The molecule has 0 saturated heterocycles. The van der Waals surface area contributed by atoms with E-state index in [9.17, 15) is 14.9 Å². The lowest BCUT2D eigenvalue weighted by atomic mass is 10.2. The smallest absolute Gasteiger partial charge is 0.279 e. The highest BCUT2D eigenvalue weighted by Crippen LogP contribution is 2.30. The number of aldehydes is 1. The van der Waals surface area contributed by atoms with Crippen molar-refractivity contribution < 1.29 is 9.72 Å². The maximum Gasteiger partial charge on any atom is 0.279 e. The maximum absolute atomic E-state index is 10.8. The summed E-state index contributed by atoms with van der Waals surface area (Å²) >= 11 is 1.39. The zero-order valence-electron chi connectivity index (χ0n) is 9.44. The van der Waals surface area contributed by atoms with E-state index in [1.807, 2.05) is 6.20 Å². The zero-order chi connectivity index (χ0) is 13.1. The molecule has 0 amide bonds. The van der Waals surface area contributed by atoms with Crippen molar-refractivity contribution >= 4 is 23.7 Å². The summed E-state index contributed by atoms with van der Waals surface area (Å²) in [6.07, 6.45) is 4.00. The number of nitro benzene ring substituents is 1. The van der Waals surface area contributed by atoms with Gasteiger partial charge in [0.2, 0.25) is 0 Å². The van der Waals surface area contributed by atoms with Gasteiger partial charge in [-0.15, -0.1) is 0 Å². The molecule has 18 heavy (non-hydrogen) atoms. The number of nitrogens with zero attached hydrogens (tertiary/aromatic N) is 3. The van der Waals surface area contributed by atoms with Gasteiger partial charge in [0.05, 0.1) is 21.6 Å². The largest absolute Gasteiger partial charge is 0.298 e. The lowest BCUT2D eigenvalue weighted by molar-refractivity contribution is -0.385. The second-order valence-electron chi connectivity index (χ2n) is 3.55. The van der Waals surface area contributed by atoms with Crippen LogP contribution in [0.2, 0.25) is 0 Å². The molecule has 0 saturated carbocycles. The molecule has 0 aliphatic rings. The third-order valence-corrected chi connectivity index (χ3v) is 3.18. The Morgan fingerprint density at radius 2 is 2.22 bits per heavy atom. The Morgan fingerprint density at radius 3 is 2.78 bits per heavy atom. The molecule has 2 rings (SSSR count). The molecule has 0 unspecified atom stereocenters. The van der Waals surface area contributed by atoms with Crippen LogP contribution in [-0.4, -0.2) is 21.0 Å². The van der Waals surface area contributed by atoms with Crippen LogP contribution in [0.15, 0.2) is 40.4 Å². The van der Waals surface area contributed by atoms with Crippen LogP contribution in [0.1, 0.15) is 10.4 Å². The van der Waals surface area contributed by atoms with Crippen LogP contribution in [0.5, 0.6) is 0 Å². The standard InChI is InChI=1S/C11H9N3O3S/c1-13-6-10(5-12-13)18-9-2-3-11(14(16)17)8(4-9)7-15/h2-7H,1H3. The third-order valence-electron chi connectivity index (χ3n) is 2.24. The maximum atomic E-state index is 10.8. The Balaban J connectivity index is 2.30. The molecule has 92 valence electrons. The van der Waals surface area contributed by atoms with Gasteiger partial charge in [-0.2, -0.15) is 5.10 Å². The van der Waals surface area contributed by atoms with Crippen LogP contribution in [0.4, 0.5) is 5.69 Å². The summed E-state index contributed by atoms with van der Waals surface area (Å²) in [6.45, 7) is 0. The van der Waals surface area contributed by atoms with E-state index in [4.69, 9.17) is 0 Å². The molecular weight excluding hydrogens is 254 g/mol. The van der Waals surface area contributed by atoms with Crippen molar-refractivity contribution in [1.29, 1.82) is 0 Å². The minimum atomic E-state index is -0.567. The van der Waals surface area contributed by atoms with E-state index in [1.54, 1.807) is 24.0 Å². The lowest BCUT2D eigenvalue weighted by Crippen LogP contribution is -1.94. The number of hydrogen-bond donors (Lipinski definition) is 0. The van der Waals surface area contributed by atoms with Gasteiger partial charge in [-0.05, 0) is 12.1 Å². The molecule has 1 heterocycles. The quantitative estimate of drug-likeness (QED) is 0.480. The Hall–Kier alpha value is -2.15. The summed E-state index contributed by atoms with van der Waals surface area (Å²) in [5.41, 5.74) is -0.102. The average molecular weight is 263 g/mol. The summed E-state index contributed by atoms with van der Waals surface area (Å²) < 4.78 is 1.66. The third kappa shape index (κ3) is 2.57. The number of benzene rings is 1. The van der Waals surface area contributed by atoms with E-state index in [0.717, 1.165) is 9.79 Å². The van der Waals surface area contributed by atoms with Crippen LogP contribution in [-0.2, 0) is 7.05 Å². The fraction of sp³-hybridized carbons (Fsp3) is 0.0909. The number of hydrogen-bond acceptors (Lipinski definition) is 5. The van der Waals surface area contributed by atoms with E-state index in [1.165, 1.54) is 23.9 Å². The van der Waals surface area contributed by atoms with E-state index >= 15 is 0 Å². The Labute approximate surface area is 107 Å².